The highest BCUT2D eigenvalue weighted by molar-refractivity contribution is 6.14. The first-order valence-electron chi connectivity index (χ1n) is 8.95. The lowest BCUT2D eigenvalue weighted by molar-refractivity contribution is -0.117. The Morgan fingerprint density at radius 1 is 1.08 bits per heavy atom. The number of benzene rings is 2. The maximum atomic E-state index is 12.8. The van der Waals surface area contributed by atoms with Gasteiger partial charge in [-0.25, -0.2) is 0 Å². The van der Waals surface area contributed by atoms with Crippen LogP contribution in [0, 0.1) is 11.3 Å². The van der Waals surface area contributed by atoms with E-state index in [1.54, 1.807) is 30.3 Å². The lowest BCUT2D eigenvalue weighted by atomic mass is 9.84. The maximum absolute atomic E-state index is 12.8. The molecular weight excluding hydrogens is 324 g/mol. The van der Waals surface area contributed by atoms with Gasteiger partial charge in [-0.2, -0.15) is 0 Å². The van der Waals surface area contributed by atoms with Crippen molar-refractivity contribution in [2.45, 2.75) is 40.5 Å². The predicted octanol–water partition coefficient (Wildman–Crippen LogP) is 4.90. The molecule has 1 atom stereocenters. The first kappa shape index (κ1) is 19.7. The van der Waals surface area contributed by atoms with Gasteiger partial charge >= 0.3 is 0 Å². The fourth-order valence-electron chi connectivity index (χ4n) is 3.24. The Kier molecular flexibility index (Phi) is 6.19. The molecule has 0 aromatic heterocycles. The molecule has 0 radical (unpaired) electrons. The van der Waals surface area contributed by atoms with Crippen molar-refractivity contribution in [1.82, 2.24) is 0 Å². The van der Waals surface area contributed by atoms with E-state index in [1.807, 2.05) is 18.2 Å². The molecule has 3 N–H and O–H groups in total. The Balaban J connectivity index is 2.17. The van der Waals surface area contributed by atoms with Gasteiger partial charge in [-0.05, 0) is 36.0 Å². The van der Waals surface area contributed by atoms with E-state index in [0.717, 1.165) is 6.42 Å². The van der Waals surface area contributed by atoms with Crippen molar-refractivity contribution in [2.75, 3.05) is 11.1 Å². The second kappa shape index (κ2) is 8.17. The normalized spacial score (nSPS) is 12.5. The van der Waals surface area contributed by atoms with Crippen LogP contribution in [0.1, 0.15) is 56.5 Å². The number of rotatable bonds is 6. The number of nitrogens with one attached hydrogen (secondary N) is 1. The van der Waals surface area contributed by atoms with Crippen LogP contribution in [-0.4, -0.2) is 11.7 Å². The Hall–Kier alpha value is -2.62. The summed E-state index contributed by atoms with van der Waals surface area (Å²) >= 11 is 0. The molecule has 0 bridgehead atoms. The van der Waals surface area contributed by atoms with Crippen LogP contribution < -0.4 is 11.1 Å². The number of anilines is 2. The molecule has 0 saturated heterocycles. The molecule has 2 aromatic rings. The zero-order chi connectivity index (χ0) is 19.3. The second-order valence-electron chi connectivity index (χ2n) is 8.12. The number of carbonyl (C=O) groups is 2. The molecule has 26 heavy (non-hydrogen) atoms. The molecule has 0 heterocycles. The third-order valence-electron chi connectivity index (χ3n) is 4.09. The van der Waals surface area contributed by atoms with E-state index < -0.39 is 0 Å². The number of amides is 1. The van der Waals surface area contributed by atoms with Crippen LogP contribution in [0.25, 0.3) is 0 Å². The van der Waals surface area contributed by atoms with Gasteiger partial charge in [0.2, 0.25) is 5.91 Å². The molecule has 0 saturated carbocycles. The van der Waals surface area contributed by atoms with Crippen LogP contribution in [0.4, 0.5) is 11.4 Å². The van der Waals surface area contributed by atoms with Crippen molar-refractivity contribution in [3.63, 3.8) is 0 Å². The highest BCUT2D eigenvalue weighted by Gasteiger charge is 2.20. The lowest BCUT2D eigenvalue weighted by Crippen LogP contribution is -2.20. The van der Waals surface area contributed by atoms with Gasteiger partial charge in [0.25, 0.3) is 0 Å². The van der Waals surface area contributed by atoms with E-state index in [2.05, 4.69) is 33.0 Å². The molecule has 2 aromatic carbocycles. The summed E-state index contributed by atoms with van der Waals surface area (Å²) in [5.74, 6) is 0.0154. The third-order valence-corrected chi connectivity index (χ3v) is 4.09. The minimum absolute atomic E-state index is 0.0892. The minimum Gasteiger partial charge on any atom is -0.399 e. The molecule has 138 valence electrons. The highest BCUT2D eigenvalue weighted by atomic mass is 16.1. The van der Waals surface area contributed by atoms with Gasteiger partial charge in [0.15, 0.2) is 5.78 Å². The van der Waals surface area contributed by atoms with Gasteiger partial charge in [0, 0.05) is 23.2 Å². The summed E-state index contributed by atoms with van der Waals surface area (Å²) in [6, 6.07) is 14.0. The van der Waals surface area contributed by atoms with E-state index in [1.165, 1.54) is 0 Å². The molecule has 0 fully saturated rings. The van der Waals surface area contributed by atoms with Gasteiger partial charge in [-0.3, -0.25) is 9.59 Å². The Morgan fingerprint density at radius 3 is 2.35 bits per heavy atom. The smallest absolute Gasteiger partial charge is 0.224 e. The van der Waals surface area contributed by atoms with Gasteiger partial charge in [0.1, 0.15) is 0 Å². The molecule has 0 aliphatic carbocycles. The van der Waals surface area contributed by atoms with Crippen LogP contribution in [0.5, 0.6) is 0 Å². The molecule has 0 aliphatic rings. The summed E-state index contributed by atoms with van der Waals surface area (Å²) in [6.07, 6.45) is 1.37. The Bertz CT molecular complexity index is 776. The van der Waals surface area contributed by atoms with Gasteiger partial charge in [-0.1, -0.05) is 58.0 Å². The van der Waals surface area contributed by atoms with Crippen molar-refractivity contribution in [3.05, 3.63) is 59.7 Å². The maximum Gasteiger partial charge on any atom is 0.224 e. The zero-order valence-electron chi connectivity index (χ0n) is 16.0. The summed E-state index contributed by atoms with van der Waals surface area (Å²) in [7, 11) is 0. The number of nitrogen functional groups attached to an aromatic ring is 1. The zero-order valence-corrected chi connectivity index (χ0v) is 16.0. The number of ketones is 1. The van der Waals surface area contributed by atoms with Crippen molar-refractivity contribution in [3.8, 4) is 0 Å². The monoisotopic (exact) mass is 352 g/mol. The van der Waals surface area contributed by atoms with E-state index in [0.29, 0.717) is 28.9 Å². The average molecular weight is 352 g/mol. The average Bonchev–Trinajstić information content (AvgIpc) is 2.54. The van der Waals surface area contributed by atoms with Crippen molar-refractivity contribution in [2.24, 2.45) is 11.3 Å². The molecule has 1 unspecified atom stereocenters. The predicted molar refractivity (Wildman–Crippen MR) is 107 cm³/mol. The first-order valence-corrected chi connectivity index (χ1v) is 8.95. The summed E-state index contributed by atoms with van der Waals surface area (Å²) < 4.78 is 0. The quantitative estimate of drug-likeness (QED) is 0.573. The number of carbonyl (C=O) groups excluding carboxylic acids is 2. The van der Waals surface area contributed by atoms with Crippen LogP contribution >= 0.6 is 0 Å². The van der Waals surface area contributed by atoms with Gasteiger partial charge < -0.3 is 11.1 Å². The number of nitrogens with two attached hydrogens (primary N) is 1. The summed E-state index contributed by atoms with van der Waals surface area (Å²) in [4.78, 5) is 25.3. The van der Waals surface area contributed by atoms with Gasteiger partial charge in [-0.15, -0.1) is 0 Å². The molecule has 1 amide bonds. The molecule has 0 aliphatic heterocycles. The van der Waals surface area contributed by atoms with E-state index in [-0.39, 0.29) is 23.0 Å². The van der Waals surface area contributed by atoms with Crippen molar-refractivity contribution >= 4 is 23.1 Å². The van der Waals surface area contributed by atoms with Crippen LogP contribution in [-0.2, 0) is 4.79 Å². The van der Waals surface area contributed by atoms with E-state index >= 15 is 0 Å². The van der Waals surface area contributed by atoms with E-state index in [4.69, 9.17) is 5.73 Å². The topological polar surface area (TPSA) is 72.2 Å². The van der Waals surface area contributed by atoms with Crippen LogP contribution in [0.3, 0.4) is 0 Å². The SMILES string of the molecule is CC(CC(=O)Nc1ccc(N)cc1C(=O)c1ccccc1)CC(C)(C)C. The fourth-order valence-corrected chi connectivity index (χ4v) is 3.24. The van der Waals surface area contributed by atoms with Crippen molar-refractivity contribution in [1.29, 1.82) is 0 Å². The largest absolute Gasteiger partial charge is 0.399 e. The summed E-state index contributed by atoms with van der Waals surface area (Å²) in [6.45, 7) is 8.57. The summed E-state index contributed by atoms with van der Waals surface area (Å²) in [5.41, 5.74) is 8.00. The molecule has 2 rings (SSSR count). The van der Waals surface area contributed by atoms with E-state index in [9.17, 15) is 9.59 Å². The van der Waals surface area contributed by atoms with Crippen molar-refractivity contribution < 1.29 is 9.59 Å². The Labute approximate surface area is 155 Å². The standard InChI is InChI=1S/C22H28N2O2/c1-15(14-22(2,3)4)12-20(25)24-19-11-10-17(23)13-18(19)21(26)16-8-6-5-7-9-16/h5-11,13,15H,12,14,23H2,1-4H3,(H,24,25). The summed E-state index contributed by atoms with van der Waals surface area (Å²) in [5, 5.41) is 2.89. The minimum atomic E-state index is -0.157. The third kappa shape index (κ3) is 5.73. The lowest BCUT2D eigenvalue weighted by Gasteiger charge is -2.23. The molecule has 0 spiro atoms. The van der Waals surface area contributed by atoms with Crippen LogP contribution in [0.2, 0.25) is 0 Å². The highest BCUT2D eigenvalue weighted by Crippen LogP contribution is 2.27. The molecular formula is C22H28N2O2. The van der Waals surface area contributed by atoms with Gasteiger partial charge in [0.05, 0.1) is 5.69 Å². The molecule has 4 nitrogen and oxygen atoms in total. The first-order chi connectivity index (χ1) is 12.2. The van der Waals surface area contributed by atoms with Crippen LogP contribution in [0.15, 0.2) is 48.5 Å². The Morgan fingerprint density at radius 2 is 1.73 bits per heavy atom. The fraction of sp³-hybridized carbons (Fsp3) is 0.364. The molecule has 4 heteroatoms. The number of hydrogen-bond donors (Lipinski definition) is 2. The number of hydrogen-bond acceptors (Lipinski definition) is 3. The second-order valence-corrected chi connectivity index (χ2v) is 8.12.